The quantitative estimate of drug-likeness (QED) is 0.617. The van der Waals surface area contributed by atoms with Crippen molar-refractivity contribution in [2.24, 2.45) is 0 Å². The molecule has 1 rings (SSSR count). The molecular formula is C10H18N2O2. The summed E-state index contributed by atoms with van der Waals surface area (Å²) in [6.07, 6.45) is 0. The van der Waals surface area contributed by atoms with Crippen molar-refractivity contribution in [3.8, 4) is 0 Å². The Morgan fingerprint density at radius 2 is 1.71 bits per heavy atom. The highest BCUT2D eigenvalue weighted by atomic mass is 16.2. The topological polar surface area (TPSA) is 49.4 Å². The van der Waals surface area contributed by atoms with Gasteiger partial charge in [-0.25, -0.2) is 0 Å². The monoisotopic (exact) mass is 198 g/mol. The SMILES string of the molecule is CC1NC(=O)C(C)N(C(C)(C)C)C1=O. The largest absolute Gasteiger partial charge is 0.343 e. The number of rotatable bonds is 0. The third kappa shape index (κ3) is 1.74. The maximum absolute atomic E-state index is 11.8. The molecule has 1 aliphatic heterocycles. The fourth-order valence-corrected chi connectivity index (χ4v) is 1.82. The second-order valence-electron chi connectivity index (χ2n) is 4.79. The Hall–Kier alpha value is -1.06. The smallest absolute Gasteiger partial charge is 0.245 e. The first-order valence-electron chi connectivity index (χ1n) is 4.88. The van der Waals surface area contributed by atoms with Crippen molar-refractivity contribution in [2.75, 3.05) is 0 Å². The Bertz CT molecular complexity index is 268. The van der Waals surface area contributed by atoms with Crippen LogP contribution in [-0.4, -0.2) is 34.3 Å². The van der Waals surface area contributed by atoms with E-state index < -0.39 is 6.04 Å². The molecule has 0 aromatic carbocycles. The third-order valence-corrected chi connectivity index (χ3v) is 2.46. The molecule has 1 aliphatic rings. The van der Waals surface area contributed by atoms with Gasteiger partial charge in [0.2, 0.25) is 11.8 Å². The van der Waals surface area contributed by atoms with Gasteiger partial charge < -0.3 is 10.2 Å². The van der Waals surface area contributed by atoms with Gasteiger partial charge in [0.05, 0.1) is 0 Å². The highest BCUT2D eigenvalue weighted by Crippen LogP contribution is 2.21. The molecule has 0 radical (unpaired) electrons. The summed E-state index contributed by atoms with van der Waals surface area (Å²) in [6, 6.07) is -0.781. The molecule has 1 heterocycles. The van der Waals surface area contributed by atoms with Crippen LogP contribution < -0.4 is 5.32 Å². The van der Waals surface area contributed by atoms with Crippen molar-refractivity contribution in [3.05, 3.63) is 0 Å². The highest BCUT2D eigenvalue weighted by molar-refractivity contribution is 5.96. The summed E-state index contributed by atoms with van der Waals surface area (Å²) in [5.41, 5.74) is -0.303. The Morgan fingerprint density at radius 1 is 1.21 bits per heavy atom. The fraction of sp³-hybridized carbons (Fsp3) is 0.800. The van der Waals surface area contributed by atoms with Gasteiger partial charge in [-0.15, -0.1) is 0 Å². The van der Waals surface area contributed by atoms with E-state index in [0.717, 1.165) is 0 Å². The van der Waals surface area contributed by atoms with Crippen LogP contribution >= 0.6 is 0 Å². The summed E-state index contributed by atoms with van der Waals surface area (Å²) in [4.78, 5) is 25.0. The molecule has 1 fully saturated rings. The van der Waals surface area contributed by atoms with Crippen LogP contribution in [0.1, 0.15) is 34.6 Å². The molecule has 0 spiro atoms. The molecule has 1 saturated heterocycles. The van der Waals surface area contributed by atoms with E-state index in [1.807, 2.05) is 20.8 Å². The molecule has 1 N–H and O–H groups in total. The number of carbonyl (C=O) groups excluding carboxylic acids is 2. The lowest BCUT2D eigenvalue weighted by Crippen LogP contribution is -2.66. The van der Waals surface area contributed by atoms with Crippen LogP contribution in [0.15, 0.2) is 0 Å². The molecule has 80 valence electrons. The zero-order chi connectivity index (χ0) is 11.1. The van der Waals surface area contributed by atoms with Gasteiger partial charge in [0.15, 0.2) is 0 Å². The molecule has 0 bridgehead atoms. The van der Waals surface area contributed by atoms with E-state index >= 15 is 0 Å². The van der Waals surface area contributed by atoms with Crippen LogP contribution in [0.5, 0.6) is 0 Å². The normalized spacial score (nSPS) is 29.1. The number of carbonyl (C=O) groups is 2. The predicted molar refractivity (Wildman–Crippen MR) is 53.7 cm³/mol. The lowest BCUT2D eigenvalue weighted by Gasteiger charge is -2.44. The van der Waals surface area contributed by atoms with E-state index in [4.69, 9.17) is 0 Å². The first-order chi connectivity index (χ1) is 6.25. The molecule has 0 aromatic rings. The lowest BCUT2D eigenvalue weighted by atomic mass is 9.98. The highest BCUT2D eigenvalue weighted by Gasteiger charge is 2.41. The first-order valence-corrected chi connectivity index (χ1v) is 4.88. The minimum absolute atomic E-state index is 0.00963. The van der Waals surface area contributed by atoms with E-state index in [2.05, 4.69) is 5.32 Å². The van der Waals surface area contributed by atoms with E-state index in [1.54, 1.807) is 18.7 Å². The Morgan fingerprint density at radius 3 is 2.14 bits per heavy atom. The summed E-state index contributed by atoms with van der Waals surface area (Å²) in [5.74, 6) is -0.0865. The molecule has 2 unspecified atom stereocenters. The molecule has 4 nitrogen and oxygen atoms in total. The Labute approximate surface area is 84.7 Å². The van der Waals surface area contributed by atoms with Gasteiger partial charge in [-0.05, 0) is 34.6 Å². The fourth-order valence-electron chi connectivity index (χ4n) is 1.82. The van der Waals surface area contributed by atoms with Gasteiger partial charge in [-0.1, -0.05) is 0 Å². The number of amides is 2. The van der Waals surface area contributed by atoms with Gasteiger partial charge in [0.25, 0.3) is 0 Å². The Balaban J connectivity index is 3.00. The zero-order valence-electron chi connectivity index (χ0n) is 9.42. The van der Waals surface area contributed by atoms with Crippen molar-refractivity contribution in [3.63, 3.8) is 0 Å². The van der Waals surface area contributed by atoms with E-state index in [0.29, 0.717) is 0 Å². The van der Waals surface area contributed by atoms with E-state index in [1.165, 1.54) is 0 Å². The lowest BCUT2D eigenvalue weighted by molar-refractivity contribution is -0.153. The molecule has 2 amide bonds. The van der Waals surface area contributed by atoms with Gasteiger partial charge in [0, 0.05) is 5.54 Å². The van der Waals surface area contributed by atoms with Crippen LogP contribution in [0.25, 0.3) is 0 Å². The molecule has 0 aliphatic carbocycles. The van der Waals surface area contributed by atoms with Gasteiger partial charge >= 0.3 is 0 Å². The number of nitrogens with zero attached hydrogens (tertiary/aromatic N) is 1. The molecule has 0 saturated carbocycles. The number of piperazine rings is 1. The average Bonchev–Trinajstić information content (AvgIpc) is 1.98. The second kappa shape index (κ2) is 3.26. The van der Waals surface area contributed by atoms with Gasteiger partial charge in [-0.2, -0.15) is 0 Å². The van der Waals surface area contributed by atoms with Crippen LogP contribution in [0, 0.1) is 0 Å². The summed E-state index contributed by atoms with van der Waals surface area (Å²) >= 11 is 0. The second-order valence-corrected chi connectivity index (χ2v) is 4.79. The summed E-state index contributed by atoms with van der Waals surface area (Å²) < 4.78 is 0. The van der Waals surface area contributed by atoms with Crippen LogP contribution in [0.4, 0.5) is 0 Å². The molecule has 14 heavy (non-hydrogen) atoms. The van der Waals surface area contributed by atoms with Gasteiger partial charge in [-0.3, -0.25) is 9.59 Å². The average molecular weight is 198 g/mol. The zero-order valence-corrected chi connectivity index (χ0v) is 9.42. The third-order valence-electron chi connectivity index (χ3n) is 2.46. The molecule has 0 aromatic heterocycles. The maximum Gasteiger partial charge on any atom is 0.245 e. The summed E-state index contributed by atoms with van der Waals surface area (Å²) in [6.45, 7) is 9.28. The van der Waals surface area contributed by atoms with E-state index in [9.17, 15) is 9.59 Å². The van der Waals surface area contributed by atoms with Crippen molar-refractivity contribution >= 4 is 11.8 Å². The number of nitrogens with one attached hydrogen (secondary N) is 1. The minimum Gasteiger partial charge on any atom is -0.343 e. The molecule has 4 heteroatoms. The molecular weight excluding hydrogens is 180 g/mol. The summed E-state index contributed by atoms with van der Waals surface area (Å²) in [5, 5.41) is 2.65. The van der Waals surface area contributed by atoms with Gasteiger partial charge in [0.1, 0.15) is 12.1 Å². The molecule has 2 atom stereocenters. The van der Waals surface area contributed by atoms with Crippen molar-refractivity contribution in [1.29, 1.82) is 0 Å². The van der Waals surface area contributed by atoms with Crippen molar-refractivity contribution in [2.45, 2.75) is 52.2 Å². The summed E-state index contributed by atoms with van der Waals surface area (Å²) in [7, 11) is 0. The van der Waals surface area contributed by atoms with Crippen LogP contribution in [0.3, 0.4) is 0 Å². The number of hydrogen-bond acceptors (Lipinski definition) is 2. The standard InChI is InChI=1S/C10H18N2O2/c1-6-9(14)12(10(3,4)5)7(2)8(13)11-6/h6-7H,1-5H3,(H,11,13). The van der Waals surface area contributed by atoms with Crippen molar-refractivity contribution in [1.82, 2.24) is 10.2 Å². The van der Waals surface area contributed by atoms with Crippen molar-refractivity contribution < 1.29 is 9.59 Å². The van der Waals surface area contributed by atoms with Crippen LogP contribution in [-0.2, 0) is 9.59 Å². The minimum atomic E-state index is -0.405. The number of hydrogen-bond donors (Lipinski definition) is 1. The Kier molecular flexibility index (Phi) is 2.56. The predicted octanol–water partition coefficient (Wildman–Crippen LogP) is 0.520. The maximum atomic E-state index is 11.8. The first kappa shape index (κ1) is 11.0. The van der Waals surface area contributed by atoms with E-state index in [-0.39, 0.29) is 23.4 Å². The van der Waals surface area contributed by atoms with Crippen LogP contribution in [0.2, 0.25) is 0 Å².